The fourth-order valence-corrected chi connectivity index (χ4v) is 4.34. The third kappa shape index (κ3) is 5.16. The molecule has 0 bridgehead atoms. The largest absolute Gasteiger partial charge is 0.376 e. The van der Waals surface area contributed by atoms with Crippen LogP contribution in [-0.4, -0.2) is 8.42 Å². The van der Waals surface area contributed by atoms with Gasteiger partial charge in [-0.2, -0.15) is 13.7 Å². The monoisotopic (exact) mass is 477 g/mol. The Balaban J connectivity index is 1.94. The molecule has 4 nitrogen and oxygen atoms in total. The molecule has 0 spiro atoms. The van der Waals surface area contributed by atoms with Crippen molar-refractivity contribution in [2.75, 3.05) is 0 Å². The SMILES string of the molecule is Cc1ccc(S(=O)(=O)Oc2c(Cl)cc(/C=C(\C#N)c3ccc(Cl)cc3)cc2Cl)cc1. The Morgan fingerprint density at radius 1 is 0.967 bits per heavy atom. The van der Waals surface area contributed by atoms with Gasteiger partial charge >= 0.3 is 10.1 Å². The first-order valence-corrected chi connectivity index (χ1v) is 11.1. The molecule has 30 heavy (non-hydrogen) atoms. The lowest BCUT2D eigenvalue weighted by atomic mass is 10.0. The lowest BCUT2D eigenvalue weighted by Crippen LogP contribution is -2.10. The van der Waals surface area contributed by atoms with Crippen molar-refractivity contribution in [1.82, 2.24) is 0 Å². The van der Waals surface area contributed by atoms with Crippen molar-refractivity contribution in [1.29, 1.82) is 5.26 Å². The zero-order valence-corrected chi connectivity index (χ0v) is 18.6. The van der Waals surface area contributed by atoms with Crippen LogP contribution in [0.3, 0.4) is 0 Å². The second kappa shape index (κ2) is 9.11. The van der Waals surface area contributed by atoms with Crippen molar-refractivity contribution in [3.05, 3.63) is 92.4 Å². The smallest absolute Gasteiger partial charge is 0.339 e. The van der Waals surface area contributed by atoms with Crippen LogP contribution in [-0.2, 0) is 10.1 Å². The van der Waals surface area contributed by atoms with E-state index in [1.165, 1.54) is 24.3 Å². The van der Waals surface area contributed by atoms with Gasteiger partial charge in [0.05, 0.1) is 21.7 Å². The summed E-state index contributed by atoms with van der Waals surface area (Å²) in [5, 5.41) is 10.0. The highest BCUT2D eigenvalue weighted by atomic mass is 35.5. The van der Waals surface area contributed by atoms with Crippen molar-refractivity contribution in [3.63, 3.8) is 0 Å². The van der Waals surface area contributed by atoms with E-state index in [0.29, 0.717) is 21.7 Å². The minimum absolute atomic E-state index is 0.00201. The van der Waals surface area contributed by atoms with Crippen LogP contribution in [0.5, 0.6) is 5.75 Å². The van der Waals surface area contributed by atoms with Crippen LogP contribution in [0.25, 0.3) is 11.6 Å². The molecule has 0 aliphatic rings. The Hall–Kier alpha value is -2.49. The molecule has 0 atom stereocenters. The molecular formula is C22H14Cl3NO3S. The number of nitrogens with zero attached hydrogens (tertiary/aromatic N) is 1. The maximum atomic E-state index is 12.5. The molecule has 0 aliphatic carbocycles. The summed E-state index contributed by atoms with van der Waals surface area (Å²) < 4.78 is 30.2. The van der Waals surface area contributed by atoms with Gasteiger partial charge in [-0.05, 0) is 60.5 Å². The van der Waals surface area contributed by atoms with Crippen LogP contribution in [0.4, 0.5) is 0 Å². The molecule has 8 heteroatoms. The number of allylic oxidation sites excluding steroid dienone is 1. The summed E-state index contributed by atoms with van der Waals surface area (Å²) in [5.74, 6) is -0.180. The Morgan fingerprint density at radius 3 is 2.07 bits per heavy atom. The number of benzene rings is 3. The van der Waals surface area contributed by atoms with E-state index in [1.54, 1.807) is 42.5 Å². The Bertz CT molecular complexity index is 1240. The van der Waals surface area contributed by atoms with E-state index >= 15 is 0 Å². The molecular weight excluding hydrogens is 465 g/mol. The number of nitriles is 1. The maximum Gasteiger partial charge on any atom is 0.339 e. The first kappa shape index (κ1) is 22.2. The molecule has 152 valence electrons. The van der Waals surface area contributed by atoms with Gasteiger partial charge in [0.15, 0.2) is 5.75 Å². The average Bonchev–Trinajstić information content (AvgIpc) is 2.70. The van der Waals surface area contributed by atoms with E-state index in [0.717, 1.165) is 5.56 Å². The van der Waals surface area contributed by atoms with Gasteiger partial charge in [0.2, 0.25) is 0 Å². The predicted octanol–water partition coefficient (Wildman–Crippen LogP) is 6.79. The number of halogens is 3. The highest BCUT2D eigenvalue weighted by Crippen LogP contribution is 2.37. The molecule has 0 fully saturated rings. The Kier molecular flexibility index (Phi) is 6.74. The van der Waals surface area contributed by atoms with Crippen LogP contribution in [0, 0.1) is 18.3 Å². The molecule has 0 heterocycles. The quantitative estimate of drug-likeness (QED) is 0.230. The molecule has 0 saturated carbocycles. The predicted molar refractivity (Wildman–Crippen MR) is 120 cm³/mol. The minimum atomic E-state index is -4.11. The Morgan fingerprint density at radius 2 is 1.53 bits per heavy atom. The normalized spacial score (nSPS) is 11.8. The first-order chi connectivity index (χ1) is 14.2. The first-order valence-electron chi connectivity index (χ1n) is 8.57. The van der Waals surface area contributed by atoms with Crippen molar-refractivity contribution in [2.24, 2.45) is 0 Å². The van der Waals surface area contributed by atoms with Gasteiger partial charge in [-0.15, -0.1) is 0 Å². The number of aryl methyl sites for hydroxylation is 1. The molecule has 0 N–H and O–H groups in total. The van der Waals surface area contributed by atoms with Crippen LogP contribution in [0.1, 0.15) is 16.7 Å². The Labute approximate surface area is 190 Å². The summed E-state index contributed by atoms with van der Waals surface area (Å²) in [6.45, 7) is 1.84. The summed E-state index contributed by atoms with van der Waals surface area (Å²) in [6, 6.07) is 18.0. The molecule has 3 rings (SSSR count). The highest BCUT2D eigenvalue weighted by Gasteiger charge is 2.21. The van der Waals surface area contributed by atoms with E-state index in [4.69, 9.17) is 39.0 Å². The van der Waals surface area contributed by atoms with Gasteiger partial charge in [-0.1, -0.05) is 64.6 Å². The van der Waals surface area contributed by atoms with Gasteiger partial charge in [-0.3, -0.25) is 0 Å². The van der Waals surface area contributed by atoms with Gasteiger partial charge in [0, 0.05) is 5.02 Å². The van der Waals surface area contributed by atoms with Crippen molar-refractivity contribution in [3.8, 4) is 11.8 Å². The molecule has 0 amide bonds. The van der Waals surface area contributed by atoms with Gasteiger partial charge in [-0.25, -0.2) is 0 Å². The van der Waals surface area contributed by atoms with E-state index in [2.05, 4.69) is 6.07 Å². The maximum absolute atomic E-state index is 12.5. The summed E-state index contributed by atoms with van der Waals surface area (Å²) >= 11 is 18.4. The second-order valence-corrected chi connectivity index (χ2v) is 9.14. The number of rotatable bonds is 5. The third-order valence-electron chi connectivity index (χ3n) is 4.11. The fourth-order valence-electron chi connectivity index (χ4n) is 2.58. The van der Waals surface area contributed by atoms with Gasteiger partial charge in [0.1, 0.15) is 4.90 Å². The fraction of sp³-hybridized carbons (Fsp3) is 0.0455. The zero-order chi connectivity index (χ0) is 21.9. The summed E-state index contributed by atoms with van der Waals surface area (Å²) in [7, 11) is -4.11. The zero-order valence-electron chi connectivity index (χ0n) is 15.6. The van der Waals surface area contributed by atoms with Crippen molar-refractivity contribution in [2.45, 2.75) is 11.8 Å². The molecule has 0 aliphatic heterocycles. The van der Waals surface area contributed by atoms with Crippen LogP contribution < -0.4 is 4.18 Å². The third-order valence-corrected chi connectivity index (χ3v) is 6.16. The highest BCUT2D eigenvalue weighted by molar-refractivity contribution is 7.87. The lowest BCUT2D eigenvalue weighted by Gasteiger charge is -2.11. The van der Waals surface area contributed by atoms with Crippen LogP contribution in [0.2, 0.25) is 15.1 Å². The second-order valence-electron chi connectivity index (χ2n) is 6.34. The number of hydrogen-bond donors (Lipinski definition) is 0. The van der Waals surface area contributed by atoms with E-state index < -0.39 is 10.1 Å². The summed E-state index contributed by atoms with van der Waals surface area (Å²) in [6.07, 6.45) is 1.58. The minimum Gasteiger partial charge on any atom is -0.376 e. The van der Waals surface area contributed by atoms with Crippen LogP contribution in [0.15, 0.2) is 65.6 Å². The van der Waals surface area contributed by atoms with Gasteiger partial charge < -0.3 is 4.18 Å². The van der Waals surface area contributed by atoms with Crippen molar-refractivity contribution < 1.29 is 12.6 Å². The molecule has 0 saturated heterocycles. The lowest BCUT2D eigenvalue weighted by molar-refractivity contribution is 0.486. The topological polar surface area (TPSA) is 67.2 Å². The molecule has 3 aromatic rings. The van der Waals surface area contributed by atoms with Gasteiger partial charge in [0.25, 0.3) is 0 Å². The summed E-state index contributed by atoms with van der Waals surface area (Å²) in [5.41, 5.74) is 2.45. The van der Waals surface area contributed by atoms with Crippen molar-refractivity contribution >= 4 is 56.6 Å². The summed E-state index contributed by atoms with van der Waals surface area (Å²) in [4.78, 5) is -0.0151. The van der Waals surface area contributed by atoms with E-state index in [1.807, 2.05) is 6.92 Å². The molecule has 0 aromatic heterocycles. The van der Waals surface area contributed by atoms with E-state index in [9.17, 15) is 13.7 Å². The van der Waals surface area contributed by atoms with E-state index in [-0.39, 0.29) is 20.7 Å². The molecule has 0 unspecified atom stereocenters. The average molecular weight is 479 g/mol. The van der Waals surface area contributed by atoms with Crippen LogP contribution >= 0.6 is 34.8 Å². The standard InChI is InChI=1S/C22H14Cl3NO3S/c1-14-2-8-19(9-3-14)30(27,28)29-22-20(24)11-15(12-21(22)25)10-17(13-26)16-4-6-18(23)7-5-16/h2-12H,1H3/b17-10+. The molecule has 3 aromatic carbocycles. The number of hydrogen-bond acceptors (Lipinski definition) is 4. The molecule has 0 radical (unpaired) electrons.